The average molecular weight is 542 g/mol. The standard InChI is InChI=1S/C23H25ClF5NO6/c1-33-20(32)19-18(15-10-14(23(27,28)29)2-3-16(15)36-19)30(17(31)11-24)12-22(25,26)13-4-6-21(7-5-13)34-8-9-35-21/h2-3,10,13,17,31H,4-9,11-12H2,1H3. The van der Waals surface area contributed by atoms with Gasteiger partial charge in [0.25, 0.3) is 5.92 Å². The molecule has 2 fully saturated rings. The van der Waals surface area contributed by atoms with Crippen molar-refractivity contribution in [2.24, 2.45) is 5.92 Å². The summed E-state index contributed by atoms with van der Waals surface area (Å²) in [4.78, 5) is 13.1. The van der Waals surface area contributed by atoms with Gasteiger partial charge >= 0.3 is 12.1 Å². The van der Waals surface area contributed by atoms with Crippen molar-refractivity contribution in [3.8, 4) is 0 Å². The summed E-state index contributed by atoms with van der Waals surface area (Å²) in [6.07, 6.45) is -5.90. The zero-order valence-corrected chi connectivity index (χ0v) is 20.0. The summed E-state index contributed by atoms with van der Waals surface area (Å²) in [6, 6.07) is 2.38. The molecule has 1 spiro atoms. The van der Waals surface area contributed by atoms with E-state index in [0.717, 1.165) is 19.2 Å². The Balaban J connectivity index is 1.72. The van der Waals surface area contributed by atoms with E-state index in [9.17, 15) is 23.1 Å². The van der Waals surface area contributed by atoms with Gasteiger partial charge in [0.15, 0.2) is 5.79 Å². The van der Waals surface area contributed by atoms with Crippen molar-refractivity contribution in [1.29, 1.82) is 0 Å². The summed E-state index contributed by atoms with van der Waals surface area (Å²) in [6.45, 7) is -0.351. The maximum absolute atomic E-state index is 15.6. The Labute approximate surface area is 208 Å². The third-order valence-electron chi connectivity index (χ3n) is 6.68. The summed E-state index contributed by atoms with van der Waals surface area (Å²) < 4.78 is 92.6. The first kappa shape index (κ1) is 26.9. The van der Waals surface area contributed by atoms with Crippen molar-refractivity contribution in [2.45, 2.75) is 49.8 Å². The van der Waals surface area contributed by atoms with Gasteiger partial charge in [0.2, 0.25) is 5.76 Å². The highest BCUT2D eigenvalue weighted by Crippen LogP contribution is 2.46. The molecule has 1 aromatic heterocycles. The van der Waals surface area contributed by atoms with Crippen molar-refractivity contribution in [3.05, 3.63) is 29.5 Å². The minimum Gasteiger partial charge on any atom is -0.463 e. The number of esters is 1. The maximum Gasteiger partial charge on any atom is 0.416 e. The largest absolute Gasteiger partial charge is 0.463 e. The van der Waals surface area contributed by atoms with Crippen LogP contribution in [0.2, 0.25) is 0 Å². The van der Waals surface area contributed by atoms with Gasteiger partial charge in [0.1, 0.15) is 17.5 Å². The van der Waals surface area contributed by atoms with E-state index in [4.69, 9.17) is 25.5 Å². The predicted molar refractivity (Wildman–Crippen MR) is 118 cm³/mol. The van der Waals surface area contributed by atoms with Crippen LogP contribution in [0.3, 0.4) is 0 Å². The third-order valence-corrected chi connectivity index (χ3v) is 6.96. The fraction of sp³-hybridized carbons (Fsp3) is 0.609. The van der Waals surface area contributed by atoms with Crippen molar-refractivity contribution < 1.29 is 50.5 Å². The molecular weight excluding hydrogens is 517 g/mol. The van der Waals surface area contributed by atoms with Crippen LogP contribution in [0.25, 0.3) is 11.0 Å². The number of carbonyl (C=O) groups excluding carboxylic acids is 1. The van der Waals surface area contributed by atoms with Gasteiger partial charge in [-0.05, 0) is 31.0 Å². The van der Waals surface area contributed by atoms with Crippen LogP contribution < -0.4 is 4.90 Å². The number of benzene rings is 1. The van der Waals surface area contributed by atoms with E-state index in [1.165, 1.54) is 0 Å². The SMILES string of the molecule is COC(=O)c1oc2ccc(C(F)(F)F)cc2c1N(CC(F)(F)C1CCC2(CC1)OCCO2)C(O)CCl. The highest BCUT2D eigenvalue weighted by molar-refractivity contribution is 6.18. The second kappa shape index (κ2) is 9.96. The molecule has 1 unspecified atom stereocenters. The minimum atomic E-state index is -4.75. The minimum absolute atomic E-state index is 0.0615. The predicted octanol–water partition coefficient (Wildman–Crippen LogP) is 5.17. The number of hydrogen-bond donors (Lipinski definition) is 1. The Hall–Kier alpha value is -2.15. The quantitative estimate of drug-likeness (QED) is 0.224. The molecule has 1 atom stereocenters. The highest BCUT2D eigenvalue weighted by Gasteiger charge is 2.49. The lowest BCUT2D eigenvalue weighted by Gasteiger charge is -2.40. The number of hydrogen-bond acceptors (Lipinski definition) is 7. The summed E-state index contributed by atoms with van der Waals surface area (Å²) in [5.41, 5.74) is -1.72. The first-order valence-electron chi connectivity index (χ1n) is 11.3. The van der Waals surface area contributed by atoms with Gasteiger partial charge in [-0.25, -0.2) is 13.6 Å². The maximum atomic E-state index is 15.6. The summed E-state index contributed by atoms with van der Waals surface area (Å²) in [5, 5.41) is 10.3. The Kier molecular flexibility index (Phi) is 7.44. The average Bonchev–Trinajstić information content (AvgIpc) is 3.45. The zero-order valence-electron chi connectivity index (χ0n) is 19.2. The fourth-order valence-electron chi connectivity index (χ4n) is 4.82. The molecule has 2 aliphatic rings. The number of halogens is 6. The number of aliphatic hydroxyl groups excluding tert-OH is 1. The number of methoxy groups -OCH3 is 1. The van der Waals surface area contributed by atoms with Crippen molar-refractivity contribution >= 4 is 34.2 Å². The Morgan fingerprint density at radius 3 is 2.42 bits per heavy atom. The van der Waals surface area contributed by atoms with Crippen LogP contribution in [0.4, 0.5) is 27.6 Å². The number of alkyl halides is 6. The molecule has 0 amide bonds. The normalized spacial score (nSPS) is 19.7. The number of carbonyl (C=O) groups is 1. The molecule has 1 saturated heterocycles. The van der Waals surface area contributed by atoms with E-state index in [0.29, 0.717) is 24.2 Å². The van der Waals surface area contributed by atoms with Gasteiger partial charge in [0.05, 0.1) is 38.3 Å². The van der Waals surface area contributed by atoms with Crippen LogP contribution in [-0.4, -0.2) is 61.8 Å². The number of nitrogens with zero attached hydrogens (tertiary/aromatic N) is 1. The molecule has 1 saturated carbocycles. The van der Waals surface area contributed by atoms with E-state index in [2.05, 4.69) is 4.74 Å². The van der Waals surface area contributed by atoms with Gasteiger partial charge in [-0.15, -0.1) is 11.6 Å². The molecule has 13 heteroatoms. The van der Waals surface area contributed by atoms with Crippen molar-refractivity contribution in [2.75, 3.05) is 37.6 Å². The second-order valence-electron chi connectivity index (χ2n) is 8.89. The van der Waals surface area contributed by atoms with E-state index in [-0.39, 0.29) is 36.7 Å². The Morgan fingerprint density at radius 1 is 1.22 bits per heavy atom. The van der Waals surface area contributed by atoms with Gasteiger partial charge in [-0.3, -0.25) is 0 Å². The van der Waals surface area contributed by atoms with Gasteiger partial charge in [0, 0.05) is 24.1 Å². The molecule has 200 valence electrons. The molecule has 1 aliphatic heterocycles. The van der Waals surface area contributed by atoms with E-state index < -0.39 is 65.4 Å². The van der Waals surface area contributed by atoms with Crippen LogP contribution in [0.1, 0.15) is 41.8 Å². The molecule has 1 aromatic carbocycles. The third kappa shape index (κ3) is 5.13. The van der Waals surface area contributed by atoms with Gasteiger partial charge < -0.3 is 28.6 Å². The smallest absolute Gasteiger partial charge is 0.416 e. The van der Waals surface area contributed by atoms with Crippen LogP contribution >= 0.6 is 11.6 Å². The number of aliphatic hydroxyl groups is 1. The fourth-order valence-corrected chi connectivity index (χ4v) is 4.98. The molecule has 0 bridgehead atoms. The Bertz CT molecular complexity index is 1090. The molecular formula is C23H25ClF5NO6. The van der Waals surface area contributed by atoms with Crippen LogP contribution in [0, 0.1) is 5.92 Å². The van der Waals surface area contributed by atoms with Crippen LogP contribution in [0.15, 0.2) is 22.6 Å². The molecule has 36 heavy (non-hydrogen) atoms. The monoisotopic (exact) mass is 541 g/mol. The van der Waals surface area contributed by atoms with E-state index >= 15 is 8.78 Å². The highest BCUT2D eigenvalue weighted by atomic mass is 35.5. The Morgan fingerprint density at radius 2 is 1.86 bits per heavy atom. The molecule has 0 radical (unpaired) electrons. The summed E-state index contributed by atoms with van der Waals surface area (Å²) in [5.74, 6) is -7.73. The lowest BCUT2D eigenvalue weighted by molar-refractivity contribution is -0.197. The topological polar surface area (TPSA) is 81.4 Å². The van der Waals surface area contributed by atoms with E-state index in [1.54, 1.807) is 0 Å². The number of ether oxygens (including phenoxy) is 3. The van der Waals surface area contributed by atoms with Crippen molar-refractivity contribution in [3.63, 3.8) is 0 Å². The number of furan rings is 1. The summed E-state index contributed by atoms with van der Waals surface area (Å²) in [7, 11) is 1.00. The molecule has 2 heterocycles. The molecule has 2 aromatic rings. The second-order valence-corrected chi connectivity index (χ2v) is 9.19. The first-order chi connectivity index (χ1) is 16.9. The van der Waals surface area contributed by atoms with Gasteiger partial charge in [-0.1, -0.05) is 0 Å². The summed E-state index contributed by atoms with van der Waals surface area (Å²) >= 11 is 5.78. The van der Waals surface area contributed by atoms with Crippen LogP contribution in [0.5, 0.6) is 0 Å². The lowest BCUT2D eigenvalue weighted by atomic mass is 9.81. The molecule has 1 aliphatic carbocycles. The molecule has 1 N–H and O–H groups in total. The lowest BCUT2D eigenvalue weighted by Crippen LogP contribution is -2.50. The number of anilines is 1. The number of rotatable bonds is 7. The van der Waals surface area contributed by atoms with Gasteiger partial charge in [-0.2, -0.15) is 13.2 Å². The van der Waals surface area contributed by atoms with Crippen LogP contribution in [-0.2, 0) is 20.4 Å². The number of fused-ring (bicyclic) bond motifs is 1. The first-order valence-corrected chi connectivity index (χ1v) is 11.8. The van der Waals surface area contributed by atoms with E-state index in [1.807, 2.05) is 0 Å². The molecule has 7 nitrogen and oxygen atoms in total. The molecule has 4 rings (SSSR count). The zero-order chi connectivity index (χ0) is 26.3. The van der Waals surface area contributed by atoms with Crippen molar-refractivity contribution in [1.82, 2.24) is 0 Å².